The minimum Gasteiger partial charge on any atom is -0.497 e. The second-order valence-corrected chi connectivity index (χ2v) is 6.95. The first kappa shape index (κ1) is 19.5. The van der Waals surface area contributed by atoms with Crippen molar-refractivity contribution in [3.8, 4) is 5.75 Å². The highest BCUT2D eigenvalue weighted by molar-refractivity contribution is 5.73. The van der Waals surface area contributed by atoms with Crippen LogP contribution in [-0.2, 0) is 19.6 Å². The number of urea groups is 1. The van der Waals surface area contributed by atoms with Crippen molar-refractivity contribution in [1.29, 1.82) is 0 Å². The summed E-state index contributed by atoms with van der Waals surface area (Å²) in [5, 5.41) is 5.82. The summed E-state index contributed by atoms with van der Waals surface area (Å²) < 4.78 is 7.38. The number of benzene rings is 2. The standard InChI is InChI=1S/C23H27N3O2/c1-17-9-10-18(2)20(12-17)16-26-11-5-7-21(26)15-25-23(27)24-14-19-6-4-8-22(13-19)28-3/h4-13H,14-16H2,1-3H3,(H2,24,25,27). The van der Waals surface area contributed by atoms with Gasteiger partial charge in [-0.15, -0.1) is 0 Å². The summed E-state index contributed by atoms with van der Waals surface area (Å²) >= 11 is 0. The Kier molecular flexibility index (Phi) is 6.37. The summed E-state index contributed by atoms with van der Waals surface area (Å²) in [5.41, 5.74) is 5.88. The predicted molar refractivity (Wildman–Crippen MR) is 112 cm³/mol. The molecule has 3 aromatic rings. The molecule has 0 radical (unpaired) electrons. The van der Waals surface area contributed by atoms with Crippen LogP contribution in [0.2, 0.25) is 0 Å². The van der Waals surface area contributed by atoms with Gasteiger partial charge in [0.15, 0.2) is 0 Å². The van der Waals surface area contributed by atoms with Gasteiger partial charge >= 0.3 is 6.03 Å². The van der Waals surface area contributed by atoms with E-state index < -0.39 is 0 Å². The lowest BCUT2D eigenvalue weighted by Gasteiger charge is -2.13. The number of aromatic nitrogens is 1. The van der Waals surface area contributed by atoms with Crippen molar-refractivity contribution < 1.29 is 9.53 Å². The topological polar surface area (TPSA) is 55.3 Å². The van der Waals surface area contributed by atoms with Crippen LogP contribution in [0.5, 0.6) is 5.75 Å². The van der Waals surface area contributed by atoms with Gasteiger partial charge in [-0.25, -0.2) is 4.79 Å². The van der Waals surface area contributed by atoms with E-state index in [-0.39, 0.29) is 6.03 Å². The summed E-state index contributed by atoms with van der Waals surface area (Å²) in [6.45, 7) is 5.95. The molecule has 0 bridgehead atoms. The molecule has 0 atom stereocenters. The lowest BCUT2D eigenvalue weighted by atomic mass is 10.1. The molecule has 0 saturated heterocycles. The van der Waals surface area contributed by atoms with Crippen LogP contribution in [0.25, 0.3) is 0 Å². The van der Waals surface area contributed by atoms with Crippen LogP contribution in [0.3, 0.4) is 0 Å². The number of hydrogen-bond acceptors (Lipinski definition) is 2. The zero-order valence-electron chi connectivity index (χ0n) is 16.7. The molecule has 0 saturated carbocycles. The van der Waals surface area contributed by atoms with Gasteiger partial charge in [-0.2, -0.15) is 0 Å². The van der Waals surface area contributed by atoms with Crippen LogP contribution in [0.15, 0.2) is 60.8 Å². The summed E-state index contributed by atoms with van der Waals surface area (Å²) in [5.74, 6) is 0.781. The molecule has 2 aromatic carbocycles. The molecule has 0 unspecified atom stereocenters. The van der Waals surface area contributed by atoms with Crippen LogP contribution >= 0.6 is 0 Å². The van der Waals surface area contributed by atoms with E-state index in [0.29, 0.717) is 13.1 Å². The smallest absolute Gasteiger partial charge is 0.315 e. The number of rotatable bonds is 7. The van der Waals surface area contributed by atoms with E-state index in [1.165, 1.54) is 16.7 Å². The quantitative estimate of drug-likeness (QED) is 0.650. The van der Waals surface area contributed by atoms with Crippen molar-refractivity contribution in [3.63, 3.8) is 0 Å². The van der Waals surface area contributed by atoms with Gasteiger partial charge in [0.25, 0.3) is 0 Å². The number of aryl methyl sites for hydroxylation is 2. The molecule has 5 nitrogen and oxygen atoms in total. The van der Waals surface area contributed by atoms with Gasteiger partial charge in [-0.3, -0.25) is 0 Å². The van der Waals surface area contributed by atoms with E-state index in [2.05, 4.69) is 47.2 Å². The van der Waals surface area contributed by atoms with Crippen LogP contribution in [-0.4, -0.2) is 17.7 Å². The Labute approximate surface area is 166 Å². The average Bonchev–Trinajstić information content (AvgIpc) is 3.14. The maximum absolute atomic E-state index is 12.2. The Morgan fingerprint density at radius 1 is 1.00 bits per heavy atom. The van der Waals surface area contributed by atoms with E-state index in [4.69, 9.17) is 4.74 Å². The molecule has 2 N–H and O–H groups in total. The molecule has 0 aliphatic rings. The number of nitrogens with one attached hydrogen (secondary N) is 2. The van der Waals surface area contributed by atoms with Crippen LogP contribution in [0, 0.1) is 13.8 Å². The predicted octanol–water partition coefficient (Wildman–Crippen LogP) is 4.16. The number of amides is 2. The highest BCUT2D eigenvalue weighted by Gasteiger charge is 2.07. The largest absolute Gasteiger partial charge is 0.497 e. The SMILES string of the molecule is COc1cccc(CNC(=O)NCc2cccn2Cc2cc(C)ccc2C)c1. The first-order valence-electron chi connectivity index (χ1n) is 9.40. The second kappa shape index (κ2) is 9.13. The van der Waals surface area contributed by atoms with Crippen LogP contribution < -0.4 is 15.4 Å². The Morgan fingerprint density at radius 3 is 2.64 bits per heavy atom. The molecular weight excluding hydrogens is 350 g/mol. The molecule has 1 heterocycles. The fraction of sp³-hybridized carbons (Fsp3) is 0.261. The zero-order valence-corrected chi connectivity index (χ0v) is 16.7. The van der Waals surface area contributed by atoms with Gasteiger partial charge in [0.05, 0.1) is 13.7 Å². The van der Waals surface area contributed by atoms with E-state index in [1.54, 1.807) is 7.11 Å². The molecule has 0 aliphatic heterocycles. The summed E-state index contributed by atoms with van der Waals surface area (Å²) in [6.07, 6.45) is 2.05. The van der Waals surface area contributed by atoms with E-state index in [9.17, 15) is 4.79 Å². The van der Waals surface area contributed by atoms with Crippen molar-refractivity contribution >= 4 is 6.03 Å². The lowest BCUT2D eigenvalue weighted by Crippen LogP contribution is -2.35. The lowest BCUT2D eigenvalue weighted by molar-refractivity contribution is 0.240. The third-order valence-electron chi connectivity index (χ3n) is 4.79. The molecule has 3 rings (SSSR count). The molecule has 1 aromatic heterocycles. The van der Waals surface area contributed by atoms with Crippen molar-refractivity contribution in [2.75, 3.05) is 7.11 Å². The summed E-state index contributed by atoms with van der Waals surface area (Å²) in [7, 11) is 1.63. The maximum Gasteiger partial charge on any atom is 0.315 e. The molecule has 5 heteroatoms. The monoisotopic (exact) mass is 377 g/mol. The van der Waals surface area contributed by atoms with Gasteiger partial charge in [-0.1, -0.05) is 35.9 Å². The molecule has 0 aliphatic carbocycles. The van der Waals surface area contributed by atoms with Crippen LogP contribution in [0.1, 0.15) is 27.9 Å². The van der Waals surface area contributed by atoms with Crippen molar-refractivity contribution in [2.24, 2.45) is 0 Å². The highest BCUT2D eigenvalue weighted by Crippen LogP contribution is 2.14. The fourth-order valence-electron chi connectivity index (χ4n) is 3.12. The highest BCUT2D eigenvalue weighted by atomic mass is 16.5. The van der Waals surface area contributed by atoms with E-state index in [0.717, 1.165) is 23.6 Å². The Hall–Kier alpha value is -3.21. The number of carbonyl (C=O) groups excluding carboxylic acids is 1. The van der Waals surface area contributed by atoms with E-state index in [1.807, 2.05) is 42.6 Å². The van der Waals surface area contributed by atoms with Crippen molar-refractivity contribution in [1.82, 2.24) is 15.2 Å². The third kappa shape index (κ3) is 5.16. The van der Waals surface area contributed by atoms with Gasteiger partial charge in [-0.05, 0) is 54.8 Å². The normalized spacial score (nSPS) is 10.5. The first-order chi connectivity index (χ1) is 13.5. The number of methoxy groups -OCH3 is 1. The fourth-order valence-corrected chi connectivity index (χ4v) is 3.12. The number of ether oxygens (including phenoxy) is 1. The minimum absolute atomic E-state index is 0.192. The number of carbonyl (C=O) groups is 1. The van der Waals surface area contributed by atoms with Gasteiger partial charge in [0.2, 0.25) is 0 Å². The minimum atomic E-state index is -0.192. The Bertz CT molecular complexity index is 947. The molecule has 2 amide bonds. The third-order valence-corrected chi connectivity index (χ3v) is 4.79. The average molecular weight is 377 g/mol. The molecule has 28 heavy (non-hydrogen) atoms. The number of nitrogens with zero attached hydrogens (tertiary/aromatic N) is 1. The summed E-state index contributed by atoms with van der Waals surface area (Å²) in [4.78, 5) is 12.2. The number of hydrogen-bond donors (Lipinski definition) is 2. The van der Waals surface area contributed by atoms with Gasteiger partial charge in [0, 0.05) is 25.0 Å². The summed E-state index contributed by atoms with van der Waals surface area (Å²) in [6, 6.07) is 18.0. The van der Waals surface area contributed by atoms with Gasteiger partial charge in [0.1, 0.15) is 5.75 Å². The Balaban J connectivity index is 1.54. The molecule has 146 valence electrons. The van der Waals surface area contributed by atoms with Crippen molar-refractivity contribution in [2.45, 2.75) is 33.5 Å². The molecule has 0 spiro atoms. The first-order valence-corrected chi connectivity index (χ1v) is 9.40. The second-order valence-electron chi connectivity index (χ2n) is 6.95. The van der Waals surface area contributed by atoms with Crippen molar-refractivity contribution in [3.05, 3.63) is 88.7 Å². The molecule has 0 fully saturated rings. The maximum atomic E-state index is 12.2. The molecular formula is C23H27N3O2. The van der Waals surface area contributed by atoms with E-state index >= 15 is 0 Å². The van der Waals surface area contributed by atoms with Crippen LogP contribution in [0.4, 0.5) is 4.79 Å². The Morgan fingerprint density at radius 2 is 1.82 bits per heavy atom. The van der Waals surface area contributed by atoms with Gasteiger partial charge < -0.3 is 19.9 Å². The zero-order chi connectivity index (χ0) is 19.9.